The second kappa shape index (κ2) is 9.47. The maximum absolute atomic E-state index is 6.14. The van der Waals surface area contributed by atoms with E-state index >= 15 is 0 Å². The first-order valence-electron chi connectivity index (χ1n) is 9.80. The molecule has 0 heterocycles. The van der Waals surface area contributed by atoms with E-state index in [0.29, 0.717) is 5.75 Å². The third-order valence-electron chi connectivity index (χ3n) is 4.67. The summed E-state index contributed by atoms with van der Waals surface area (Å²) in [5.41, 5.74) is 4.35. The van der Waals surface area contributed by atoms with Crippen molar-refractivity contribution in [3.05, 3.63) is 114 Å². The Bertz CT molecular complexity index is 1050. The third-order valence-corrected chi connectivity index (χ3v) is 5.73. The Morgan fingerprint density at radius 1 is 0.467 bits per heavy atom. The van der Waals surface area contributed by atoms with Crippen molar-refractivity contribution in [2.45, 2.75) is 13.8 Å². The maximum atomic E-state index is 6.14. The van der Waals surface area contributed by atoms with Crippen molar-refractivity contribution in [2.24, 2.45) is 0 Å². The van der Waals surface area contributed by atoms with Gasteiger partial charge < -0.3 is 13.6 Å². The number of aryl methyl sites for hydroxylation is 2. The summed E-state index contributed by atoms with van der Waals surface area (Å²) >= 11 is 0. The summed E-state index contributed by atoms with van der Waals surface area (Å²) in [5.74, 6) is 2.19. The molecule has 0 unspecified atom stereocenters. The van der Waals surface area contributed by atoms with E-state index < -0.39 is 8.60 Å². The highest BCUT2D eigenvalue weighted by molar-refractivity contribution is 7.43. The molecule has 0 radical (unpaired) electrons. The predicted molar refractivity (Wildman–Crippen MR) is 123 cm³/mol. The molecule has 0 atom stereocenters. The first-order chi connectivity index (χ1) is 14.7. The van der Waals surface area contributed by atoms with Gasteiger partial charge in [0.25, 0.3) is 0 Å². The SMILES string of the molecule is Cc1ccccc1OP(Oc1ccc(-c2ccccc2)cc1)Oc1ccccc1C. The monoisotopic (exact) mass is 414 g/mol. The average molecular weight is 414 g/mol. The number of hydrogen-bond acceptors (Lipinski definition) is 3. The van der Waals surface area contributed by atoms with Gasteiger partial charge in [0.1, 0.15) is 17.2 Å². The van der Waals surface area contributed by atoms with Gasteiger partial charge >= 0.3 is 8.60 Å². The molecule has 0 fully saturated rings. The van der Waals surface area contributed by atoms with Gasteiger partial charge in [0, 0.05) is 0 Å². The van der Waals surface area contributed by atoms with Crippen LogP contribution < -0.4 is 13.6 Å². The number of para-hydroxylation sites is 2. The Hall–Kier alpha value is -3.29. The average Bonchev–Trinajstić information content (AvgIpc) is 2.78. The molecule has 4 heteroatoms. The van der Waals surface area contributed by atoms with Crippen molar-refractivity contribution in [3.8, 4) is 28.4 Å². The van der Waals surface area contributed by atoms with Crippen LogP contribution in [-0.4, -0.2) is 0 Å². The molecule has 0 aliphatic rings. The van der Waals surface area contributed by atoms with Crippen molar-refractivity contribution in [1.29, 1.82) is 0 Å². The van der Waals surface area contributed by atoms with E-state index in [-0.39, 0.29) is 0 Å². The predicted octanol–water partition coefficient (Wildman–Crippen LogP) is 7.73. The van der Waals surface area contributed by atoms with Crippen LogP contribution in [0.25, 0.3) is 11.1 Å². The van der Waals surface area contributed by atoms with Crippen LogP contribution >= 0.6 is 8.60 Å². The van der Waals surface area contributed by atoms with Gasteiger partial charge in [-0.1, -0.05) is 78.9 Å². The molecule has 0 aliphatic carbocycles. The number of hydrogen-bond donors (Lipinski definition) is 0. The van der Waals surface area contributed by atoms with Gasteiger partial charge in [-0.3, -0.25) is 0 Å². The largest absolute Gasteiger partial charge is 0.530 e. The van der Waals surface area contributed by atoms with Gasteiger partial charge in [0.2, 0.25) is 0 Å². The lowest BCUT2D eigenvalue weighted by Gasteiger charge is -2.19. The number of rotatable bonds is 7. The molecule has 4 aromatic rings. The third kappa shape index (κ3) is 5.00. The molecule has 4 rings (SSSR count). The minimum Gasteiger partial charge on any atom is -0.409 e. The minimum absolute atomic E-state index is 0.697. The zero-order valence-corrected chi connectivity index (χ0v) is 17.9. The summed E-state index contributed by atoms with van der Waals surface area (Å²) in [7, 11) is -1.69. The minimum atomic E-state index is -1.69. The first-order valence-corrected chi connectivity index (χ1v) is 10.9. The molecular formula is C26H23O3P. The van der Waals surface area contributed by atoms with Crippen LogP contribution in [0.3, 0.4) is 0 Å². The zero-order valence-electron chi connectivity index (χ0n) is 17.0. The fourth-order valence-electron chi connectivity index (χ4n) is 2.96. The smallest absolute Gasteiger partial charge is 0.409 e. The van der Waals surface area contributed by atoms with Crippen LogP contribution in [0.4, 0.5) is 0 Å². The van der Waals surface area contributed by atoms with Crippen LogP contribution in [-0.2, 0) is 0 Å². The fraction of sp³-hybridized carbons (Fsp3) is 0.0769. The van der Waals surface area contributed by atoms with Crippen molar-refractivity contribution in [2.75, 3.05) is 0 Å². The van der Waals surface area contributed by atoms with Gasteiger partial charge in [0.05, 0.1) is 0 Å². The molecular weight excluding hydrogens is 391 g/mol. The van der Waals surface area contributed by atoms with Gasteiger partial charge in [0.15, 0.2) is 0 Å². The topological polar surface area (TPSA) is 27.7 Å². The van der Waals surface area contributed by atoms with E-state index in [1.807, 2.05) is 105 Å². The molecule has 0 bridgehead atoms. The Labute approximate surface area is 178 Å². The van der Waals surface area contributed by atoms with Gasteiger partial charge in [-0.2, -0.15) is 0 Å². The Kier molecular flexibility index (Phi) is 6.32. The Morgan fingerprint density at radius 2 is 0.933 bits per heavy atom. The summed E-state index contributed by atoms with van der Waals surface area (Å²) in [4.78, 5) is 0. The highest BCUT2D eigenvalue weighted by atomic mass is 31.2. The molecule has 0 aliphatic heterocycles. The maximum Gasteiger partial charge on any atom is 0.530 e. The van der Waals surface area contributed by atoms with Crippen molar-refractivity contribution < 1.29 is 13.6 Å². The molecule has 0 aromatic heterocycles. The van der Waals surface area contributed by atoms with Crippen molar-refractivity contribution in [3.63, 3.8) is 0 Å². The highest BCUT2D eigenvalue weighted by Crippen LogP contribution is 2.44. The van der Waals surface area contributed by atoms with E-state index in [2.05, 4.69) is 12.1 Å². The van der Waals surface area contributed by atoms with Crippen LogP contribution in [0.15, 0.2) is 103 Å². The standard InChI is InChI=1S/C26H23O3P/c1-20-10-6-8-14-25(20)28-30(29-26-15-9-7-11-21(26)2)27-24-18-16-23(17-19-24)22-12-4-3-5-13-22/h3-19H,1-2H3. The van der Waals surface area contributed by atoms with Crippen LogP contribution in [0.1, 0.15) is 11.1 Å². The molecule has 0 saturated heterocycles. The van der Waals surface area contributed by atoms with Crippen LogP contribution in [0.2, 0.25) is 0 Å². The number of benzene rings is 4. The van der Waals surface area contributed by atoms with E-state index in [9.17, 15) is 0 Å². The summed E-state index contributed by atoms with van der Waals surface area (Å²) in [6.07, 6.45) is 0. The van der Waals surface area contributed by atoms with Crippen LogP contribution in [0.5, 0.6) is 17.2 Å². The molecule has 0 saturated carbocycles. The Balaban J connectivity index is 1.56. The van der Waals surface area contributed by atoms with Crippen molar-refractivity contribution in [1.82, 2.24) is 0 Å². The molecule has 0 spiro atoms. The second-order valence-corrected chi connectivity index (χ2v) is 7.91. The van der Waals surface area contributed by atoms with Gasteiger partial charge in [-0.15, -0.1) is 0 Å². The summed E-state index contributed by atoms with van der Waals surface area (Å²) < 4.78 is 18.4. The Morgan fingerprint density at radius 3 is 1.47 bits per heavy atom. The van der Waals surface area contributed by atoms with Gasteiger partial charge in [-0.05, 0) is 60.4 Å². The highest BCUT2D eigenvalue weighted by Gasteiger charge is 2.21. The van der Waals surface area contributed by atoms with E-state index in [1.54, 1.807) is 0 Å². The van der Waals surface area contributed by atoms with Gasteiger partial charge in [-0.25, -0.2) is 0 Å². The van der Waals surface area contributed by atoms with E-state index in [1.165, 1.54) is 5.56 Å². The quantitative estimate of drug-likeness (QED) is 0.290. The molecule has 0 N–H and O–H groups in total. The normalized spacial score (nSPS) is 10.6. The first kappa shape index (κ1) is 20.0. The lowest BCUT2D eigenvalue weighted by Crippen LogP contribution is -2.03. The summed E-state index contributed by atoms with van der Waals surface area (Å²) in [6, 6.07) is 33.9. The van der Waals surface area contributed by atoms with E-state index in [0.717, 1.165) is 28.2 Å². The molecule has 30 heavy (non-hydrogen) atoms. The van der Waals surface area contributed by atoms with Crippen molar-refractivity contribution >= 4 is 8.60 Å². The molecule has 0 amide bonds. The zero-order chi connectivity index (χ0) is 20.8. The summed E-state index contributed by atoms with van der Waals surface area (Å²) in [6.45, 7) is 4.01. The lowest BCUT2D eigenvalue weighted by atomic mass is 10.1. The lowest BCUT2D eigenvalue weighted by molar-refractivity contribution is 0.386. The molecule has 3 nitrogen and oxygen atoms in total. The van der Waals surface area contributed by atoms with Crippen LogP contribution in [0, 0.1) is 13.8 Å². The summed E-state index contributed by atoms with van der Waals surface area (Å²) in [5, 5.41) is 0. The van der Waals surface area contributed by atoms with E-state index in [4.69, 9.17) is 13.6 Å². The molecule has 150 valence electrons. The molecule has 4 aromatic carbocycles. The second-order valence-electron chi connectivity index (χ2n) is 6.92. The fourth-order valence-corrected chi connectivity index (χ4v) is 4.10.